The summed E-state index contributed by atoms with van der Waals surface area (Å²) in [5, 5.41) is 14.9. The number of rotatable bonds is 14. The zero-order chi connectivity index (χ0) is 32.6. The summed E-state index contributed by atoms with van der Waals surface area (Å²) in [5.74, 6) is -1.05. The van der Waals surface area contributed by atoms with Crippen molar-refractivity contribution in [2.45, 2.75) is 32.9 Å². The molecule has 2 amide bonds. The van der Waals surface area contributed by atoms with E-state index >= 15 is 0 Å². The van der Waals surface area contributed by atoms with E-state index in [0.717, 1.165) is 28.3 Å². The molecule has 44 heavy (non-hydrogen) atoms. The summed E-state index contributed by atoms with van der Waals surface area (Å²) in [6.07, 6.45) is 0.996. The molecule has 0 bridgehead atoms. The fourth-order valence-corrected chi connectivity index (χ4v) is 5.56. The Bertz CT molecular complexity index is 1600. The molecule has 236 valence electrons. The number of sulfonamides is 1. The largest absolute Gasteiger partial charge is 0.495 e. The lowest BCUT2D eigenvalue weighted by Crippen LogP contribution is -2.53. The van der Waals surface area contributed by atoms with Crippen molar-refractivity contribution in [3.05, 3.63) is 98.0 Å². The quantitative estimate of drug-likeness (QED) is 0.187. The van der Waals surface area contributed by atoms with Gasteiger partial charge < -0.3 is 15.0 Å². The van der Waals surface area contributed by atoms with E-state index in [1.54, 1.807) is 18.2 Å². The van der Waals surface area contributed by atoms with Crippen LogP contribution in [-0.2, 0) is 32.6 Å². The van der Waals surface area contributed by atoms with Gasteiger partial charge >= 0.3 is 0 Å². The molecule has 1 N–H and O–H groups in total. The molecular weight excluding hydrogens is 631 g/mol. The van der Waals surface area contributed by atoms with Crippen molar-refractivity contribution in [1.29, 1.82) is 0 Å². The molecule has 11 nitrogen and oxygen atoms in total. The number of hydrogen-bond acceptors (Lipinski definition) is 7. The van der Waals surface area contributed by atoms with Gasteiger partial charge in [0.15, 0.2) is 0 Å². The van der Waals surface area contributed by atoms with Crippen LogP contribution in [0.2, 0.25) is 10.0 Å². The summed E-state index contributed by atoms with van der Waals surface area (Å²) in [4.78, 5) is 40.0. The van der Waals surface area contributed by atoms with E-state index in [1.807, 2.05) is 44.2 Å². The third kappa shape index (κ3) is 9.31. The summed E-state index contributed by atoms with van der Waals surface area (Å²) in [6, 6.07) is 16.2. The highest BCUT2D eigenvalue weighted by molar-refractivity contribution is 7.92. The first-order chi connectivity index (χ1) is 20.7. The smallest absolute Gasteiger partial charge is 0.271 e. The molecule has 3 rings (SSSR count). The standard InChI is InChI=1S/C30H34Cl2N4O7S/c1-20(2)17-33-30(38)27(15-21-8-6-5-7-9-21)34(18-22-10-12-24(31)25(32)14-22)29(37)19-35(44(4,41)42)26-16-23(36(39)40)11-13-28(26)43-3/h5-14,16,20,27H,15,17-19H2,1-4H3,(H,33,38). The van der Waals surface area contributed by atoms with Crippen molar-refractivity contribution < 1.29 is 27.7 Å². The number of hydrogen-bond donors (Lipinski definition) is 1. The highest BCUT2D eigenvalue weighted by atomic mass is 35.5. The van der Waals surface area contributed by atoms with E-state index in [-0.39, 0.29) is 35.3 Å². The van der Waals surface area contributed by atoms with Gasteiger partial charge in [-0.15, -0.1) is 0 Å². The highest BCUT2D eigenvalue weighted by Crippen LogP contribution is 2.34. The lowest BCUT2D eigenvalue weighted by Gasteiger charge is -2.34. The number of nitro benzene ring substituents is 1. The first-order valence-electron chi connectivity index (χ1n) is 13.6. The Balaban J connectivity index is 2.14. The van der Waals surface area contributed by atoms with Crippen LogP contribution in [0, 0.1) is 16.0 Å². The lowest BCUT2D eigenvalue weighted by atomic mass is 10.0. The third-order valence-electron chi connectivity index (χ3n) is 6.61. The van der Waals surface area contributed by atoms with Crippen LogP contribution < -0.4 is 14.4 Å². The molecule has 1 atom stereocenters. The minimum absolute atomic E-state index is 0.000343. The minimum atomic E-state index is -4.19. The summed E-state index contributed by atoms with van der Waals surface area (Å²) >= 11 is 12.4. The topological polar surface area (TPSA) is 139 Å². The number of amides is 2. The van der Waals surface area contributed by atoms with Gasteiger partial charge in [-0.05, 0) is 35.2 Å². The highest BCUT2D eigenvalue weighted by Gasteiger charge is 2.34. The van der Waals surface area contributed by atoms with Gasteiger partial charge in [-0.25, -0.2) is 8.42 Å². The first-order valence-corrected chi connectivity index (χ1v) is 16.2. The Morgan fingerprint density at radius 3 is 2.25 bits per heavy atom. The van der Waals surface area contributed by atoms with Gasteiger partial charge in [-0.3, -0.25) is 24.0 Å². The number of halogens is 2. The number of carbonyl (C=O) groups is 2. The van der Waals surface area contributed by atoms with Gasteiger partial charge in [0.25, 0.3) is 5.69 Å². The molecule has 1 unspecified atom stereocenters. The van der Waals surface area contributed by atoms with E-state index in [4.69, 9.17) is 27.9 Å². The molecule has 0 spiro atoms. The van der Waals surface area contributed by atoms with Crippen molar-refractivity contribution in [3.8, 4) is 5.75 Å². The van der Waals surface area contributed by atoms with Crippen LogP contribution in [0.4, 0.5) is 11.4 Å². The molecule has 3 aromatic rings. The molecule has 0 aromatic heterocycles. The number of anilines is 1. The average Bonchev–Trinajstić information content (AvgIpc) is 2.97. The SMILES string of the molecule is COc1ccc([N+](=O)[O-])cc1N(CC(=O)N(Cc1ccc(Cl)c(Cl)c1)C(Cc1ccccc1)C(=O)NCC(C)C)S(C)(=O)=O. The maximum atomic E-state index is 14.2. The molecule has 0 fully saturated rings. The second-order valence-electron chi connectivity index (χ2n) is 10.5. The molecule has 14 heteroatoms. The van der Waals surface area contributed by atoms with Crippen LogP contribution in [0.15, 0.2) is 66.7 Å². The van der Waals surface area contributed by atoms with Crippen LogP contribution in [0.5, 0.6) is 5.75 Å². The molecular formula is C30H34Cl2N4O7S. The van der Waals surface area contributed by atoms with Gasteiger partial charge in [0, 0.05) is 31.6 Å². The van der Waals surface area contributed by atoms with E-state index in [2.05, 4.69) is 5.32 Å². The van der Waals surface area contributed by atoms with Gasteiger partial charge in [0.2, 0.25) is 21.8 Å². The van der Waals surface area contributed by atoms with Crippen molar-refractivity contribution in [2.75, 3.05) is 30.8 Å². The van der Waals surface area contributed by atoms with Crippen molar-refractivity contribution in [2.24, 2.45) is 5.92 Å². The Morgan fingerprint density at radius 1 is 1.00 bits per heavy atom. The number of non-ortho nitro benzene ring substituents is 1. The van der Waals surface area contributed by atoms with Crippen LogP contribution in [0.1, 0.15) is 25.0 Å². The van der Waals surface area contributed by atoms with Gasteiger partial charge in [-0.1, -0.05) is 73.4 Å². The number of nitrogens with zero attached hydrogens (tertiary/aromatic N) is 3. The number of nitro groups is 1. The Kier molecular flexibility index (Phi) is 12.0. The molecule has 0 saturated carbocycles. The van der Waals surface area contributed by atoms with Crippen LogP contribution >= 0.6 is 23.2 Å². The van der Waals surface area contributed by atoms with Crippen LogP contribution in [0.25, 0.3) is 0 Å². The van der Waals surface area contributed by atoms with Gasteiger partial charge in [0.05, 0.1) is 28.3 Å². The average molecular weight is 666 g/mol. The molecule has 0 aliphatic rings. The number of methoxy groups -OCH3 is 1. The van der Waals surface area contributed by atoms with Gasteiger partial charge in [0.1, 0.15) is 24.0 Å². The molecule has 0 heterocycles. The predicted octanol–water partition coefficient (Wildman–Crippen LogP) is 5.09. The van der Waals surface area contributed by atoms with E-state index in [9.17, 15) is 28.1 Å². The third-order valence-corrected chi connectivity index (χ3v) is 8.48. The number of benzene rings is 3. The maximum absolute atomic E-state index is 14.2. The van der Waals surface area contributed by atoms with Gasteiger partial charge in [-0.2, -0.15) is 0 Å². The van der Waals surface area contributed by atoms with Crippen LogP contribution in [0.3, 0.4) is 0 Å². The second-order valence-corrected chi connectivity index (χ2v) is 13.2. The lowest BCUT2D eigenvalue weighted by molar-refractivity contribution is -0.384. The zero-order valence-corrected chi connectivity index (χ0v) is 27.0. The number of carbonyl (C=O) groups excluding carboxylic acids is 2. The summed E-state index contributed by atoms with van der Waals surface area (Å²) in [5.41, 5.74) is 0.714. The molecule has 3 aromatic carbocycles. The van der Waals surface area contributed by atoms with Crippen LogP contribution in [-0.4, -0.2) is 62.6 Å². The molecule has 0 aliphatic heterocycles. The van der Waals surface area contributed by atoms with Crippen molar-refractivity contribution in [1.82, 2.24) is 10.2 Å². The van der Waals surface area contributed by atoms with E-state index < -0.39 is 45.0 Å². The summed E-state index contributed by atoms with van der Waals surface area (Å²) in [7, 11) is -2.91. The zero-order valence-electron chi connectivity index (χ0n) is 24.7. The number of ether oxygens (including phenoxy) is 1. The fraction of sp³-hybridized carbons (Fsp3) is 0.333. The maximum Gasteiger partial charge on any atom is 0.271 e. The Morgan fingerprint density at radius 2 is 1.68 bits per heavy atom. The molecule has 0 aliphatic carbocycles. The first kappa shape index (κ1) is 34.6. The molecule has 0 radical (unpaired) electrons. The number of nitrogens with one attached hydrogen (secondary N) is 1. The fourth-order valence-electron chi connectivity index (χ4n) is 4.39. The second kappa shape index (κ2) is 15.2. The van der Waals surface area contributed by atoms with Crippen molar-refractivity contribution in [3.63, 3.8) is 0 Å². The minimum Gasteiger partial charge on any atom is -0.495 e. The summed E-state index contributed by atoms with van der Waals surface area (Å²) in [6.45, 7) is 3.31. The Labute approximate surface area is 266 Å². The monoisotopic (exact) mass is 664 g/mol. The Hall–Kier alpha value is -3.87. The van der Waals surface area contributed by atoms with E-state index in [1.165, 1.54) is 18.1 Å². The van der Waals surface area contributed by atoms with Crippen molar-refractivity contribution >= 4 is 56.4 Å². The summed E-state index contributed by atoms with van der Waals surface area (Å²) < 4.78 is 32.2. The van der Waals surface area contributed by atoms with E-state index in [0.29, 0.717) is 17.1 Å². The molecule has 0 saturated heterocycles. The predicted molar refractivity (Wildman–Crippen MR) is 171 cm³/mol. The normalized spacial score (nSPS) is 12.0.